The van der Waals surface area contributed by atoms with Crippen LogP contribution in [0.1, 0.15) is 17.4 Å². The summed E-state index contributed by atoms with van der Waals surface area (Å²) in [4.78, 5) is 5.62. The second-order valence-corrected chi connectivity index (χ2v) is 8.29. The number of hydrogen-bond donors (Lipinski definition) is 3. The topological polar surface area (TPSA) is 82.6 Å². The average Bonchev–Trinajstić information content (AvgIpc) is 3.12. The SMILES string of the molecule is CCNC(=NCc1cccs1)NCCS(=O)(=O)NCc1ccccc1.I. The van der Waals surface area contributed by atoms with Crippen molar-refractivity contribution < 1.29 is 8.42 Å². The van der Waals surface area contributed by atoms with Gasteiger partial charge in [0.15, 0.2) is 5.96 Å². The third-order valence-electron chi connectivity index (χ3n) is 3.32. The van der Waals surface area contributed by atoms with Crippen LogP contribution in [0, 0.1) is 0 Å². The molecule has 0 amide bonds. The van der Waals surface area contributed by atoms with Gasteiger partial charge in [0, 0.05) is 24.5 Å². The molecule has 26 heavy (non-hydrogen) atoms. The van der Waals surface area contributed by atoms with Crippen LogP contribution in [0.4, 0.5) is 0 Å². The maximum absolute atomic E-state index is 12.1. The first-order valence-corrected chi connectivity index (χ1v) is 10.7. The molecule has 0 aliphatic rings. The van der Waals surface area contributed by atoms with E-state index in [0.29, 0.717) is 25.6 Å². The molecule has 0 radical (unpaired) electrons. The molecule has 1 aromatic heterocycles. The minimum atomic E-state index is -3.34. The van der Waals surface area contributed by atoms with Crippen molar-refractivity contribution in [2.24, 2.45) is 4.99 Å². The van der Waals surface area contributed by atoms with Crippen molar-refractivity contribution in [3.05, 3.63) is 58.3 Å². The van der Waals surface area contributed by atoms with Gasteiger partial charge in [-0.05, 0) is 23.9 Å². The number of benzene rings is 1. The van der Waals surface area contributed by atoms with Crippen LogP contribution in [0.15, 0.2) is 52.8 Å². The molecule has 0 fully saturated rings. The molecule has 3 N–H and O–H groups in total. The molecular weight excluding hydrogens is 483 g/mol. The standard InChI is InChI=1S/C17H24N4O2S2.HI/c1-2-18-17(20-14-16-9-6-11-24-16)19-10-12-25(22,23)21-13-15-7-4-3-5-8-15;/h3-9,11,21H,2,10,12-14H2,1H3,(H2,18,19,20);1H. The Hall–Kier alpha value is -1.17. The lowest BCUT2D eigenvalue weighted by Crippen LogP contribution is -2.41. The monoisotopic (exact) mass is 508 g/mol. The molecular formula is C17H25IN4O2S2. The van der Waals surface area contributed by atoms with Crippen molar-refractivity contribution in [3.8, 4) is 0 Å². The molecule has 0 unspecified atom stereocenters. The van der Waals surface area contributed by atoms with Gasteiger partial charge in [-0.25, -0.2) is 18.1 Å². The molecule has 1 aromatic carbocycles. The van der Waals surface area contributed by atoms with E-state index in [4.69, 9.17) is 0 Å². The third-order valence-corrected chi connectivity index (χ3v) is 5.51. The van der Waals surface area contributed by atoms with E-state index in [2.05, 4.69) is 20.3 Å². The highest BCUT2D eigenvalue weighted by Crippen LogP contribution is 2.09. The zero-order chi connectivity index (χ0) is 18.0. The van der Waals surface area contributed by atoms with Crippen LogP contribution < -0.4 is 15.4 Å². The molecule has 0 aliphatic carbocycles. The molecule has 0 aliphatic heterocycles. The highest BCUT2D eigenvalue weighted by molar-refractivity contribution is 14.0. The smallest absolute Gasteiger partial charge is 0.213 e. The minimum absolute atomic E-state index is 0. The van der Waals surface area contributed by atoms with Gasteiger partial charge in [-0.2, -0.15) is 0 Å². The van der Waals surface area contributed by atoms with Crippen LogP contribution in [0.3, 0.4) is 0 Å². The first kappa shape index (κ1) is 22.9. The summed E-state index contributed by atoms with van der Waals surface area (Å²) in [6.07, 6.45) is 0. The summed E-state index contributed by atoms with van der Waals surface area (Å²) in [5.41, 5.74) is 0.935. The summed E-state index contributed by atoms with van der Waals surface area (Å²) in [5, 5.41) is 8.19. The number of aliphatic imine (C=N–C) groups is 1. The Morgan fingerprint density at radius 2 is 1.88 bits per heavy atom. The number of guanidine groups is 1. The van der Waals surface area contributed by atoms with Gasteiger partial charge in [-0.15, -0.1) is 35.3 Å². The Balaban J connectivity index is 0.00000338. The van der Waals surface area contributed by atoms with Gasteiger partial charge in [0.25, 0.3) is 0 Å². The summed E-state index contributed by atoms with van der Waals surface area (Å²) < 4.78 is 26.8. The number of rotatable bonds is 9. The van der Waals surface area contributed by atoms with E-state index >= 15 is 0 Å². The highest BCUT2D eigenvalue weighted by Gasteiger charge is 2.10. The van der Waals surface area contributed by atoms with Gasteiger partial charge in [-0.3, -0.25) is 0 Å². The highest BCUT2D eigenvalue weighted by atomic mass is 127. The first-order chi connectivity index (χ1) is 12.1. The second-order valence-electron chi connectivity index (χ2n) is 5.33. The Kier molecular flexibility index (Phi) is 10.8. The van der Waals surface area contributed by atoms with Crippen LogP contribution in [0.2, 0.25) is 0 Å². The molecule has 0 atom stereocenters. The molecule has 144 valence electrons. The van der Waals surface area contributed by atoms with E-state index in [9.17, 15) is 8.42 Å². The van der Waals surface area contributed by atoms with Crippen molar-refractivity contribution in [2.45, 2.75) is 20.0 Å². The van der Waals surface area contributed by atoms with Crippen molar-refractivity contribution in [1.82, 2.24) is 15.4 Å². The van der Waals surface area contributed by atoms with Gasteiger partial charge < -0.3 is 10.6 Å². The van der Waals surface area contributed by atoms with E-state index in [1.807, 2.05) is 54.8 Å². The van der Waals surface area contributed by atoms with E-state index in [-0.39, 0.29) is 29.7 Å². The number of sulfonamides is 1. The summed E-state index contributed by atoms with van der Waals surface area (Å²) in [6.45, 7) is 3.86. The summed E-state index contributed by atoms with van der Waals surface area (Å²) >= 11 is 1.65. The normalized spacial score (nSPS) is 11.7. The molecule has 0 saturated carbocycles. The predicted molar refractivity (Wildman–Crippen MR) is 120 cm³/mol. The lowest BCUT2D eigenvalue weighted by Gasteiger charge is -2.12. The van der Waals surface area contributed by atoms with Gasteiger partial charge in [-0.1, -0.05) is 36.4 Å². The molecule has 0 saturated heterocycles. The number of thiophene rings is 1. The average molecular weight is 508 g/mol. The van der Waals surface area contributed by atoms with E-state index in [1.165, 1.54) is 0 Å². The molecule has 2 aromatic rings. The van der Waals surface area contributed by atoms with Crippen LogP contribution in [-0.2, 0) is 23.1 Å². The molecule has 6 nitrogen and oxygen atoms in total. The minimum Gasteiger partial charge on any atom is -0.357 e. The quantitative estimate of drug-likeness (QED) is 0.276. The largest absolute Gasteiger partial charge is 0.357 e. The lowest BCUT2D eigenvalue weighted by atomic mass is 10.2. The summed E-state index contributed by atoms with van der Waals surface area (Å²) in [7, 11) is -3.34. The molecule has 0 bridgehead atoms. The Morgan fingerprint density at radius 1 is 1.12 bits per heavy atom. The van der Waals surface area contributed by atoms with E-state index < -0.39 is 10.0 Å². The van der Waals surface area contributed by atoms with Gasteiger partial charge in [0.1, 0.15) is 0 Å². The lowest BCUT2D eigenvalue weighted by molar-refractivity contribution is 0.580. The first-order valence-electron chi connectivity index (χ1n) is 8.15. The van der Waals surface area contributed by atoms with Crippen LogP contribution in [0.25, 0.3) is 0 Å². The van der Waals surface area contributed by atoms with Crippen LogP contribution in [0.5, 0.6) is 0 Å². The van der Waals surface area contributed by atoms with Crippen molar-refractivity contribution in [1.29, 1.82) is 0 Å². The third kappa shape index (κ3) is 8.97. The summed E-state index contributed by atoms with van der Waals surface area (Å²) in [5.74, 6) is 0.609. The van der Waals surface area contributed by atoms with Gasteiger partial charge >= 0.3 is 0 Å². The summed E-state index contributed by atoms with van der Waals surface area (Å²) in [6, 6.07) is 13.5. The van der Waals surface area contributed by atoms with Crippen LogP contribution in [-0.4, -0.2) is 33.2 Å². The Bertz CT molecular complexity index is 750. The Labute approximate surface area is 176 Å². The zero-order valence-electron chi connectivity index (χ0n) is 14.6. The fourth-order valence-electron chi connectivity index (χ4n) is 2.07. The van der Waals surface area contributed by atoms with Gasteiger partial charge in [0.05, 0.1) is 12.3 Å². The van der Waals surface area contributed by atoms with Crippen molar-refractivity contribution in [2.75, 3.05) is 18.8 Å². The maximum Gasteiger partial charge on any atom is 0.213 e. The zero-order valence-corrected chi connectivity index (χ0v) is 18.6. The number of nitrogens with one attached hydrogen (secondary N) is 3. The maximum atomic E-state index is 12.1. The van der Waals surface area contributed by atoms with E-state index in [0.717, 1.165) is 17.0 Å². The number of nitrogens with zero attached hydrogens (tertiary/aromatic N) is 1. The fraction of sp³-hybridized carbons (Fsp3) is 0.353. The number of hydrogen-bond acceptors (Lipinski definition) is 4. The molecule has 1 heterocycles. The van der Waals surface area contributed by atoms with E-state index in [1.54, 1.807) is 11.3 Å². The molecule has 9 heteroatoms. The fourth-order valence-corrected chi connectivity index (χ4v) is 3.60. The van der Waals surface area contributed by atoms with Crippen molar-refractivity contribution in [3.63, 3.8) is 0 Å². The van der Waals surface area contributed by atoms with Crippen LogP contribution >= 0.6 is 35.3 Å². The Morgan fingerprint density at radius 3 is 2.54 bits per heavy atom. The van der Waals surface area contributed by atoms with Gasteiger partial charge in [0.2, 0.25) is 10.0 Å². The second kappa shape index (κ2) is 12.3. The predicted octanol–water partition coefficient (Wildman–Crippen LogP) is 2.54. The number of halogens is 1. The van der Waals surface area contributed by atoms with Crippen molar-refractivity contribution >= 4 is 51.3 Å². The molecule has 2 rings (SSSR count). The molecule has 0 spiro atoms.